The molecule has 1 aromatic carbocycles. The Kier molecular flexibility index (Phi) is 4.27. The first-order valence-corrected chi connectivity index (χ1v) is 8.96. The summed E-state index contributed by atoms with van der Waals surface area (Å²) >= 11 is 1.87. The summed E-state index contributed by atoms with van der Waals surface area (Å²) in [5.41, 5.74) is 6.75. The van der Waals surface area contributed by atoms with Crippen molar-refractivity contribution in [1.29, 1.82) is 0 Å². The second-order valence-corrected chi connectivity index (χ2v) is 7.44. The highest BCUT2D eigenvalue weighted by atomic mass is 32.2. The number of benzene rings is 1. The van der Waals surface area contributed by atoms with Gasteiger partial charge in [-0.05, 0) is 37.7 Å². The van der Waals surface area contributed by atoms with Gasteiger partial charge in [0.25, 0.3) is 0 Å². The van der Waals surface area contributed by atoms with Crippen LogP contribution in [-0.2, 0) is 10.0 Å². The minimum Gasteiger partial charge on any atom is -0.396 e. The third-order valence-electron chi connectivity index (χ3n) is 3.45. The van der Waals surface area contributed by atoms with Crippen LogP contribution in [0.3, 0.4) is 0 Å². The van der Waals surface area contributed by atoms with Gasteiger partial charge in [-0.15, -0.1) is 0 Å². The van der Waals surface area contributed by atoms with E-state index >= 15 is 0 Å². The van der Waals surface area contributed by atoms with Crippen molar-refractivity contribution in [2.75, 3.05) is 17.3 Å². The molecule has 1 aliphatic rings. The molecule has 106 valence electrons. The molecule has 7 heteroatoms. The zero-order valence-corrected chi connectivity index (χ0v) is 12.4. The van der Waals surface area contributed by atoms with Crippen LogP contribution in [0.25, 0.3) is 0 Å². The molecule has 0 spiro atoms. The van der Waals surface area contributed by atoms with E-state index in [0.717, 1.165) is 12.8 Å². The van der Waals surface area contributed by atoms with Gasteiger partial charge in [-0.1, -0.05) is 6.07 Å². The summed E-state index contributed by atoms with van der Waals surface area (Å²) in [5.74, 6) is 0. The van der Waals surface area contributed by atoms with Crippen molar-refractivity contribution in [2.24, 2.45) is 5.14 Å². The zero-order valence-electron chi connectivity index (χ0n) is 10.8. The molecule has 2 rings (SSSR count). The Labute approximate surface area is 118 Å². The number of hydrogen-bond donors (Lipinski definition) is 3. The van der Waals surface area contributed by atoms with E-state index in [1.807, 2.05) is 11.8 Å². The van der Waals surface area contributed by atoms with E-state index < -0.39 is 10.0 Å². The van der Waals surface area contributed by atoms with Crippen molar-refractivity contribution in [3.05, 3.63) is 18.2 Å². The molecule has 1 aromatic rings. The summed E-state index contributed by atoms with van der Waals surface area (Å²) in [6.07, 6.45) is 5.43. The van der Waals surface area contributed by atoms with E-state index in [1.54, 1.807) is 12.1 Å². The van der Waals surface area contributed by atoms with Gasteiger partial charge in [-0.2, -0.15) is 11.8 Å². The van der Waals surface area contributed by atoms with Crippen molar-refractivity contribution in [2.45, 2.75) is 35.4 Å². The average Bonchev–Trinajstić information content (AvgIpc) is 2.78. The van der Waals surface area contributed by atoms with Crippen molar-refractivity contribution < 1.29 is 8.42 Å². The predicted molar refractivity (Wildman–Crippen MR) is 80.8 cm³/mol. The fourth-order valence-corrected chi connectivity index (χ4v) is 3.90. The number of primary sulfonamides is 1. The van der Waals surface area contributed by atoms with E-state index in [-0.39, 0.29) is 10.6 Å². The number of thioether (sulfide) groups is 1. The van der Waals surface area contributed by atoms with Crippen LogP contribution in [-0.4, -0.2) is 26.0 Å². The average molecular weight is 301 g/mol. The highest BCUT2D eigenvalue weighted by molar-refractivity contribution is 7.99. The molecule has 0 amide bonds. The van der Waals surface area contributed by atoms with E-state index in [2.05, 4.69) is 11.6 Å². The highest BCUT2D eigenvalue weighted by Crippen LogP contribution is 2.33. The molecule has 2 atom stereocenters. The molecular weight excluding hydrogens is 282 g/mol. The van der Waals surface area contributed by atoms with Gasteiger partial charge < -0.3 is 11.1 Å². The Morgan fingerprint density at radius 1 is 1.37 bits per heavy atom. The molecular formula is C12H19N3O2S2. The summed E-state index contributed by atoms with van der Waals surface area (Å²) in [7, 11) is -3.77. The van der Waals surface area contributed by atoms with Gasteiger partial charge in [0.15, 0.2) is 0 Å². The number of anilines is 2. The largest absolute Gasteiger partial charge is 0.396 e. The maximum Gasteiger partial charge on any atom is 0.240 e. The number of nitrogens with two attached hydrogens (primary N) is 2. The first-order chi connectivity index (χ1) is 8.91. The lowest BCUT2D eigenvalue weighted by Gasteiger charge is -2.17. The van der Waals surface area contributed by atoms with Gasteiger partial charge >= 0.3 is 0 Å². The Balaban J connectivity index is 2.18. The van der Waals surface area contributed by atoms with Crippen LogP contribution in [0.2, 0.25) is 0 Å². The topological polar surface area (TPSA) is 98.2 Å². The molecule has 2 unspecified atom stereocenters. The van der Waals surface area contributed by atoms with Crippen LogP contribution in [0.5, 0.6) is 0 Å². The molecule has 19 heavy (non-hydrogen) atoms. The molecule has 1 saturated carbocycles. The van der Waals surface area contributed by atoms with E-state index in [0.29, 0.717) is 17.0 Å². The van der Waals surface area contributed by atoms with Crippen molar-refractivity contribution in [3.63, 3.8) is 0 Å². The molecule has 0 aliphatic heterocycles. The lowest BCUT2D eigenvalue weighted by Crippen LogP contribution is -2.19. The maximum atomic E-state index is 11.4. The monoisotopic (exact) mass is 301 g/mol. The van der Waals surface area contributed by atoms with E-state index in [1.165, 1.54) is 12.5 Å². The second-order valence-electron chi connectivity index (χ2n) is 4.77. The number of nitrogens with one attached hydrogen (secondary N) is 1. The van der Waals surface area contributed by atoms with Gasteiger partial charge in [-0.3, -0.25) is 0 Å². The minimum atomic E-state index is -3.77. The molecule has 1 fully saturated rings. The normalized spacial score (nSPS) is 23.5. The number of rotatable bonds is 4. The molecule has 1 aliphatic carbocycles. The Hall–Kier alpha value is -0.920. The summed E-state index contributed by atoms with van der Waals surface area (Å²) in [6, 6.07) is 5.21. The predicted octanol–water partition coefficient (Wildman–Crippen LogP) is 1.61. The van der Waals surface area contributed by atoms with Crippen LogP contribution in [0.4, 0.5) is 11.4 Å². The third-order valence-corrected chi connectivity index (χ3v) is 5.51. The minimum absolute atomic E-state index is 0.0167. The highest BCUT2D eigenvalue weighted by Gasteiger charge is 2.25. The van der Waals surface area contributed by atoms with Crippen molar-refractivity contribution >= 4 is 33.2 Å². The smallest absolute Gasteiger partial charge is 0.240 e. The lowest BCUT2D eigenvalue weighted by atomic mass is 10.2. The maximum absolute atomic E-state index is 11.4. The third kappa shape index (κ3) is 3.34. The molecule has 0 radical (unpaired) electrons. The Morgan fingerprint density at radius 2 is 2.11 bits per heavy atom. The lowest BCUT2D eigenvalue weighted by molar-refractivity contribution is 0.598. The molecule has 0 heterocycles. The number of para-hydroxylation sites is 1. The number of sulfonamides is 1. The van der Waals surface area contributed by atoms with Crippen LogP contribution < -0.4 is 16.2 Å². The quantitative estimate of drug-likeness (QED) is 0.734. The SMILES string of the molecule is CSC1CCC(Nc2cccc(S(N)(=O)=O)c2N)C1. The molecule has 0 saturated heterocycles. The van der Waals surface area contributed by atoms with Crippen LogP contribution in [0.1, 0.15) is 19.3 Å². The van der Waals surface area contributed by atoms with Crippen molar-refractivity contribution in [3.8, 4) is 0 Å². The number of hydrogen-bond acceptors (Lipinski definition) is 5. The van der Waals surface area contributed by atoms with Gasteiger partial charge in [0.2, 0.25) is 10.0 Å². The van der Waals surface area contributed by atoms with Gasteiger partial charge in [-0.25, -0.2) is 13.6 Å². The summed E-state index contributed by atoms with van der Waals surface area (Å²) < 4.78 is 22.8. The van der Waals surface area contributed by atoms with Crippen LogP contribution in [0.15, 0.2) is 23.1 Å². The molecule has 5 nitrogen and oxygen atoms in total. The Morgan fingerprint density at radius 3 is 2.68 bits per heavy atom. The summed E-state index contributed by atoms with van der Waals surface area (Å²) in [6.45, 7) is 0. The van der Waals surface area contributed by atoms with Crippen LogP contribution >= 0.6 is 11.8 Å². The molecule has 5 N–H and O–H groups in total. The number of nitrogen functional groups attached to an aromatic ring is 1. The fraction of sp³-hybridized carbons (Fsp3) is 0.500. The first-order valence-electron chi connectivity index (χ1n) is 6.12. The van der Waals surface area contributed by atoms with Crippen LogP contribution in [0, 0.1) is 0 Å². The first kappa shape index (κ1) is 14.5. The second kappa shape index (κ2) is 5.60. The van der Waals surface area contributed by atoms with Gasteiger partial charge in [0.05, 0.1) is 11.4 Å². The standard InChI is InChI=1S/C12H19N3O2S2/c1-18-9-6-5-8(7-9)15-10-3-2-4-11(12(10)13)19(14,16)17/h2-4,8-9,15H,5-7,13H2,1H3,(H2,14,16,17). The van der Waals surface area contributed by atoms with Gasteiger partial charge in [0.1, 0.15) is 4.90 Å². The fourth-order valence-electron chi connectivity index (χ4n) is 2.42. The molecule has 0 bridgehead atoms. The zero-order chi connectivity index (χ0) is 14.0. The van der Waals surface area contributed by atoms with Crippen molar-refractivity contribution in [1.82, 2.24) is 0 Å². The molecule has 0 aromatic heterocycles. The Bertz CT molecular complexity index is 560. The summed E-state index contributed by atoms with van der Waals surface area (Å²) in [5, 5.41) is 9.13. The summed E-state index contributed by atoms with van der Waals surface area (Å²) in [4.78, 5) is -0.0167. The van der Waals surface area contributed by atoms with Gasteiger partial charge in [0, 0.05) is 11.3 Å². The van der Waals surface area contributed by atoms with E-state index in [9.17, 15) is 8.42 Å². The van der Waals surface area contributed by atoms with E-state index in [4.69, 9.17) is 10.9 Å².